The van der Waals surface area contributed by atoms with Crippen molar-refractivity contribution in [3.05, 3.63) is 40.8 Å². The molecule has 5 nitrogen and oxygen atoms in total. The third-order valence-electron chi connectivity index (χ3n) is 3.72. The molecule has 0 saturated heterocycles. The number of nitrogens with zero attached hydrogens (tertiary/aromatic N) is 2. The Balaban J connectivity index is 2.19. The summed E-state index contributed by atoms with van der Waals surface area (Å²) in [5, 5.41) is -0.00225. The van der Waals surface area contributed by atoms with Gasteiger partial charge >= 0.3 is 0 Å². The van der Waals surface area contributed by atoms with Gasteiger partial charge in [-0.2, -0.15) is 0 Å². The standard InChI is InChI=1S/C15H15ClN2O3S/c1-21-10-5-4-6-11(9-10)22(19,20)14-12-7-2-3-8-13(12)17-15(16)18-14/h4-6,9H,2-3,7-8H2,1H3. The van der Waals surface area contributed by atoms with Crippen LogP contribution in [-0.2, 0) is 22.7 Å². The number of methoxy groups -OCH3 is 1. The monoisotopic (exact) mass is 338 g/mol. The maximum absolute atomic E-state index is 12.9. The Labute approximate surface area is 134 Å². The van der Waals surface area contributed by atoms with E-state index in [1.165, 1.54) is 19.2 Å². The molecule has 1 heterocycles. The van der Waals surface area contributed by atoms with Gasteiger partial charge in [0, 0.05) is 11.3 Å². The summed E-state index contributed by atoms with van der Waals surface area (Å²) in [5.41, 5.74) is 1.44. The lowest BCUT2D eigenvalue weighted by atomic mass is 9.98. The minimum Gasteiger partial charge on any atom is -0.497 e. The SMILES string of the molecule is COc1cccc(S(=O)(=O)c2nc(Cl)nc3c2CCCC3)c1. The summed E-state index contributed by atoms with van der Waals surface area (Å²) in [7, 11) is -2.26. The van der Waals surface area contributed by atoms with E-state index >= 15 is 0 Å². The predicted octanol–water partition coefficient (Wildman–Crippen LogP) is 2.85. The van der Waals surface area contributed by atoms with E-state index < -0.39 is 9.84 Å². The highest BCUT2D eigenvalue weighted by Gasteiger charge is 2.28. The van der Waals surface area contributed by atoms with E-state index in [1.54, 1.807) is 12.1 Å². The van der Waals surface area contributed by atoms with Gasteiger partial charge in [-0.3, -0.25) is 0 Å². The summed E-state index contributed by atoms with van der Waals surface area (Å²) in [6, 6.07) is 6.35. The predicted molar refractivity (Wildman–Crippen MR) is 82.1 cm³/mol. The van der Waals surface area contributed by atoms with Crippen LogP contribution >= 0.6 is 11.6 Å². The second-order valence-corrected chi connectivity index (χ2v) is 7.32. The molecule has 116 valence electrons. The minimum absolute atomic E-state index is 0.0236. The second kappa shape index (κ2) is 5.85. The zero-order chi connectivity index (χ0) is 15.7. The first-order chi connectivity index (χ1) is 10.5. The Morgan fingerprint density at radius 1 is 1.18 bits per heavy atom. The van der Waals surface area contributed by atoms with E-state index in [0.29, 0.717) is 17.7 Å². The zero-order valence-corrected chi connectivity index (χ0v) is 13.6. The highest BCUT2D eigenvalue weighted by Crippen LogP contribution is 2.31. The maximum atomic E-state index is 12.9. The molecule has 0 N–H and O–H groups in total. The first kappa shape index (κ1) is 15.2. The molecule has 0 bridgehead atoms. The van der Waals surface area contributed by atoms with E-state index in [4.69, 9.17) is 16.3 Å². The largest absolute Gasteiger partial charge is 0.497 e. The Bertz CT molecular complexity index is 822. The third-order valence-corrected chi connectivity index (χ3v) is 5.61. The summed E-state index contributed by atoms with van der Waals surface area (Å²) in [5.74, 6) is 0.482. The topological polar surface area (TPSA) is 69.2 Å². The van der Waals surface area contributed by atoms with Crippen LogP contribution in [0, 0.1) is 0 Å². The summed E-state index contributed by atoms with van der Waals surface area (Å²) in [4.78, 5) is 8.34. The van der Waals surface area contributed by atoms with Gasteiger partial charge in [-0.15, -0.1) is 0 Å². The van der Waals surface area contributed by atoms with Gasteiger partial charge < -0.3 is 4.74 Å². The molecule has 0 aliphatic heterocycles. The number of hydrogen-bond donors (Lipinski definition) is 0. The Morgan fingerprint density at radius 2 is 1.95 bits per heavy atom. The molecule has 0 saturated carbocycles. The van der Waals surface area contributed by atoms with Crippen LogP contribution in [0.1, 0.15) is 24.1 Å². The second-order valence-electron chi connectivity index (χ2n) is 5.11. The number of rotatable bonds is 3. The van der Waals surface area contributed by atoms with Gasteiger partial charge in [0.2, 0.25) is 15.1 Å². The number of ether oxygens (including phenoxy) is 1. The van der Waals surface area contributed by atoms with Crippen LogP contribution in [-0.4, -0.2) is 25.5 Å². The van der Waals surface area contributed by atoms with Crippen molar-refractivity contribution in [3.63, 3.8) is 0 Å². The summed E-state index contributed by atoms with van der Waals surface area (Å²) in [6.07, 6.45) is 3.31. The minimum atomic E-state index is -3.75. The van der Waals surface area contributed by atoms with Gasteiger partial charge in [-0.05, 0) is 55.5 Å². The number of aromatic nitrogens is 2. The van der Waals surface area contributed by atoms with Crippen LogP contribution in [0.5, 0.6) is 5.75 Å². The number of benzene rings is 1. The van der Waals surface area contributed by atoms with Crippen molar-refractivity contribution in [2.24, 2.45) is 0 Å². The Hall–Kier alpha value is -1.66. The highest BCUT2D eigenvalue weighted by molar-refractivity contribution is 7.91. The zero-order valence-electron chi connectivity index (χ0n) is 12.0. The number of fused-ring (bicyclic) bond motifs is 1. The molecule has 0 radical (unpaired) electrons. The average Bonchev–Trinajstić information content (AvgIpc) is 2.54. The first-order valence-electron chi connectivity index (χ1n) is 6.97. The lowest BCUT2D eigenvalue weighted by Gasteiger charge is -2.18. The molecule has 0 unspecified atom stereocenters. The van der Waals surface area contributed by atoms with Crippen LogP contribution in [0.15, 0.2) is 34.2 Å². The summed E-state index contributed by atoms with van der Waals surface area (Å²) in [6.45, 7) is 0. The summed E-state index contributed by atoms with van der Waals surface area (Å²) >= 11 is 5.92. The molecule has 7 heteroatoms. The molecule has 3 rings (SSSR count). The van der Waals surface area contributed by atoms with Gasteiger partial charge in [-0.1, -0.05) is 6.07 Å². The lowest BCUT2D eigenvalue weighted by molar-refractivity contribution is 0.413. The van der Waals surface area contributed by atoms with Crippen LogP contribution in [0.4, 0.5) is 0 Å². The van der Waals surface area contributed by atoms with Crippen LogP contribution in [0.2, 0.25) is 5.28 Å². The molecule has 1 aromatic carbocycles. The van der Waals surface area contributed by atoms with Crippen LogP contribution in [0.3, 0.4) is 0 Å². The van der Waals surface area contributed by atoms with E-state index in [-0.39, 0.29) is 15.2 Å². The molecule has 1 aromatic heterocycles. The van der Waals surface area contributed by atoms with Crippen molar-refractivity contribution in [1.82, 2.24) is 9.97 Å². The van der Waals surface area contributed by atoms with Crippen LogP contribution < -0.4 is 4.74 Å². The fraction of sp³-hybridized carbons (Fsp3) is 0.333. The molecule has 22 heavy (non-hydrogen) atoms. The molecule has 0 amide bonds. The number of aryl methyl sites for hydroxylation is 1. The maximum Gasteiger partial charge on any atom is 0.224 e. The lowest BCUT2D eigenvalue weighted by Crippen LogP contribution is -2.15. The molecular formula is C15H15ClN2O3S. The van der Waals surface area contributed by atoms with Crippen molar-refractivity contribution in [2.45, 2.75) is 35.6 Å². The molecule has 0 atom stereocenters. The molecule has 0 fully saturated rings. The number of hydrogen-bond acceptors (Lipinski definition) is 5. The van der Waals surface area contributed by atoms with Crippen molar-refractivity contribution in [2.75, 3.05) is 7.11 Å². The third kappa shape index (κ3) is 2.68. The average molecular weight is 339 g/mol. The van der Waals surface area contributed by atoms with Gasteiger partial charge in [-0.25, -0.2) is 18.4 Å². The Kier molecular flexibility index (Phi) is 4.06. The van der Waals surface area contributed by atoms with Crippen molar-refractivity contribution >= 4 is 21.4 Å². The van der Waals surface area contributed by atoms with Crippen molar-refractivity contribution < 1.29 is 13.2 Å². The molecule has 0 spiro atoms. The normalized spacial score (nSPS) is 14.5. The van der Waals surface area contributed by atoms with E-state index in [1.807, 2.05) is 0 Å². The molecular weight excluding hydrogens is 324 g/mol. The molecule has 2 aromatic rings. The van der Waals surface area contributed by atoms with Crippen LogP contribution in [0.25, 0.3) is 0 Å². The first-order valence-corrected chi connectivity index (χ1v) is 8.83. The molecule has 1 aliphatic carbocycles. The van der Waals surface area contributed by atoms with Gasteiger partial charge in [0.15, 0.2) is 5.03 Å². The van der Waals surface area contributed by atoms with Gasteiger partial charge in [0.05, 0.1) is 12.0 Å². The Morgan fingerprint density at radius 3 is 2.73 bits per heavy atom. The smallest absolute Gasteiger partial charge is 0.224 e. The van der Waals surface area contributed by atoms with E-state index in [2.05, 4.69) is 9.97 Å². The van der Waals surface area contributed by atoms with Gasteiger partial charge in [0.1, 0.15) is 5.75 Å². The van der Waals surface area contributed by atoms with Crippen molar-refractivity contribution in [3.8, 4) is 5.75 Å². The van der Waals surface area contributed by atoms with E-state index in [9.17, 15) is 8.42 Å². The summed E-state index contributed by atoms with van der Waals surface area (Å²) < 4.78 is 30.9. The van der Waals surface area contributed by atoms with Gasteiger partial charge in [0.25, 0.3) is 0 Å². The van der Waals surface area contributed by atoms with E-state index in [0.717, 1.165) is 25.0 Å². The fourth-order valence-corrected chi connectivity index (χ4v) is 4.37. The highest BCUT2D eigenvalue weighted by atomic mass is 35.5. The quantitative estimate of drug-likeness (QED) is 0.635. The molecule has 1 aliphatic rings. The fourth-order valence-electron chi connectivity index (χ4n) is 2.63. The number of sulfone groups is 1. The number of halogens is 1. The van der Waals surface area contributed by atoms with Crippen molar-refractivity contribution in [1.29, 1.82) is 0 Å².